The number of nitrogens with zero attached hydrogens (tertiary/aromatic N) is 2. The van der Waals surface area contributed by atoms with Gasteiger partial charge in [0, 0.05) is 22.5 Å². The molecular formula is C24H26F3N3O3. The summed E-state index contributed by atoms with van der Waals surface area (Å²) in [4.78, 5) is 23.6. The van der Waals surface area contributed by atoms with E-state index < -0.39 is 23.6 Å². The van der Waals surface area contributed by atoms with Gasteiger partial charge in [0.2, 0.25) is 0 Å². The molecule has 0 radical (unpaired) electrons. The standard InChI is InChI=1S/C24H26F3N3O3/c1-14(2)22-20(12-21(31)32)15(3)29-30(22)13-16-4-10-19(11-5-16)28-23(33)17-6-8-18(9-7-17)24(25,26)27/h4,6-10,14H,5,11-13H2,1-3H3,(H,28,33)(H,31,32). The molecule has 9 heteroatoms. The quantitative estimate of drug-likeness (QED) is 0.608. The molecule has 0 saturated carbocycles. The van der Waals surface area contributed by atoms with Gasteiger partial charge in [0.1, 0.15) is 0 Å². The number of alkyl halides is 3. The van der Waals surface area contributed by atoms with Crippen LogP contribution in [0, 0.1) is 6.92 Å². The van der Waals surface area contributed by atoms with E-state index in [0.29, 0.717) is 30.8 Å². The maximum atomic E-state index is 12.7. The van der Waals surface area contributed by atoms with Gasteiger partial charge in [-0.2, -0.15) is 18.3 Å². The molecule has 0 fully saturated rings. The number of carboxylic acids is 1. The Bertz CT molecular complexity index is 1110. The minimum atomic E-state index is -4.45. The van der Waals surface area contributed by atoms with Crippen LogP contribution in [0.4, 0.5) is 13.2 Å². The molecule has 0 aliphatic heterocycles. The highest BCUT2D eigenvalue weighted by molar-refractivity contribution is 5.95. The summed E-state index contributed by atoms with van der Waals surface area (Å²) in [5.41, 5.74) is 3.46. The van der Waals surface area contributed by atoms with E-state index >= 15 is 0 Å². The van der Waals surface area contributed by atoms with E-state index in [1.807, 2.05) is 31.5 Å². The molecule has 1 aromatic carbocycles. The Morgan fingerprint density at radius 2 is 1.82 bits per heavy atom. The van der Waals surface area contributed by atoms with E-state index in [2.05, 4.69) is 10.4 Å². The van der Waals surface area contributed by atoms with Crippen molar-refractivity contribution in [3.05, 3.63) is 75.8 Å². The summed E-state index contributed by atoms with van der Waals surface area (Å²) in [6.07, 6.45) is 0.396. The summed E-state index contributed by atoms with van der Waals surface area (Å²) in [5.74, 6) is -1.25. The Hall–Kier alpha value is -3.36. The number of carboxylic acid groups (broad SMARTS) is 1. The van der Waals surface area contributed by atoms with Gasteiger partial charge in [-0.1, -0.05) is 19.9 Å². The number of carbonyl (C=O) groups is 2. The first-order chi connectivity index (χ1) is 15.5. The number of amides is 1. The Labute approximate surface area is 189 Å². The minimum absolute atomic E-state index is 0.0710. The largest absolute Gasteiger partial charge is 0.481 e. The number of halogens is 3. The molecule has 6 nitrogen and oxygen atoms in total. The molecule has 33 heavy (non-hydrogen) atoms. The van der Waals surface area contributed by atoms with Gasteiger partial charge in [0.25, 0.3) is 5.91 Å². The molecule has 1 aliphatic rings. The highest BCUT2D eigenvalue weighted by Gasteiger charge is 2.30. The van der Waals surface area contributed by atoms with E-state index in [0.717, 1.165) is 41.1 Å². The first-order valence-corrected chi connectivity index (χ1v) is 10.6. The summed E-state index contributed by atoms with van der Waals surface area (Å²) in [6.45, 7) is 6.33. The van der Waals surface area contributed by atoms with E-state index in [4.69, 9.17) is 0 Å². The number of benzene rings is 1. The summed E-state index contributed by atoms with van der Waals surface area (Å²) in [5, 5.41) is 16.5. The molecule has 0 unspecified atom stereocenters. The normalized spacial score (nSPS) is 14.2. The van der Waals surface area contributed by atoms with Crippen LogP contribution in [0.2, 0.25) is 0 Å². The molecule has 0 bridgehead atoms. The molecule has 1 aromatic heterocycles. The van der Waals surface area contributed by atoms with Crippen molar-refractivity contribution in [1.82, 2.24) is 15.1 Å². The SMILES string of the molecule is Cc1nn(CC2=CC=C(NC(=O)c3ccc(C(F)(F)F)cc3)CC2)c(C(C)C)c1CC(=O)O. The van der Waals surface area contributed by atoms with Crippen molar-refractivity contribution in [2.24, 2.45) is 0 Å². The zero-order valence-electron chi connectivity index (χ0n) is 18.7. The molecule has 0 saturated heterocycles. The van der Waals surface area contributed by atoms with Gasteiger partial charge in [-0.15, -0.1) is 0 Å². The van der Waals surface area contributed by atoms with E-state index in [9.17, 15) is 27.9 Å². The fourth-order valence-electron chi connectivity index (χ4n) is 3.91. The van der Waals surface area contributed by atoms with E-state index in [1.165, 1.54) is 0 Å². The van der Waals surface area contributed by atoms with Crippen molar-refractivity contribution >= 4 is 11.9 Å². The third kappa shape index (κ3) is 5.91. The second-order valence-corrected chi connectivity index (χ2v) is 8.38. The van der Waals surface area contributed by atoms with Crippen LogP contribution < -0.4 is 5.32 Å². The third-order valence-corrected chi connectivity index (χ3v) is 5.51. The smallest absolute Gasteiger partial charge is 0.416 e. The number of hydrogen-bond acceptors (Lipinski definition) is 3. The third-order valence-electron chi connectivity index (χ3n) is 5.51. The lowest BCUT2D eigenvalue weighted by molar-refractivity contribution is -0.138. The van der Waals surface area contributed by atoms with Crippen LogP contribution in [0.3, 0.4) is 0 Å². The van der Waals surface area contributed by atoms with Crippen LogP contribution in [-0.4, -0.2) is 26.8 Å². The Morgan fingerprint density at radius 3 is 2.33 bits per heavy atom. The number of aryl methyl sites for hydroxylation is 1. The van der Waals surface area contributed by atoms with Crippen LogP contribution in [0.5, 0.6) is 0 Å². The number of allylic oxidation sites excluding steroid dienone is 4. The number of aliphatic carboxylic acids is 1. The second kappa shape index (κ2) is 9.64. The molecule has 0 spiro atoms. The summed E-state index contributed by atoms with van der Waals surface area (Å²) in [6, 6.07) is 4.09. The van der Waals surface area contributed by atoms with Crippen LogP contribution in [0.25, 0.3) is 0 Å². The fourth-order valence-corrected chi connectivity index (χ4v) is 3.91. The van der Waals surface area contributed by atoms with Gasteiger partial charge in [-0.25, -0.2) is 0 Å². The predicted molar refractivity (Wildman–Crippen MR) is 117 cm³/mol. The first kappa shape index (κ1) is 24.3. The number of rotatable bonds is 7. The molecule has 1 amide bonds. The molecule has 2 aromatic rings. The maximum Gasteiger partial charge on any atom is 0.416 e. The molecule has 0 atom stereocenters. The predicted octanol–water partition coefficient (Wildman–Crippen LogP) is 4.99. The van der Waals surface area contributed by atoms with Crippen molar-refractivity contribution < 1.29 is 27.9 Å². The zero-order chi connectivity index (χ0) is 24.3. The number of carbonyl (C=O) groups excluding carboxylic acids is 1. The zero-order valence-corrected chi connectivity index (χ0v) is 18.7. The average molecular weight is 461 g/mol. The van der Waals surface area contributed by atoms with Gasteiger partial charge < -0.3 is 10.4 Å². The topological polar surface area (TPSA) is 84.2 Å². The van der Waals surface area contributed by atoms with Crippen LogP contribution in [0.15, 0.2) is 47.7 Å². The number of nitrogens with one attached hydrogen (secondary N) is 1. The number of aromatic nitrogens is 2. The molecule has 1 aliphatic carbocycles. The Balaban J connectivity index is 1.70. The molecule has 3 rings (SSSR count). The lowest BCUT2D eigenvalue weighted by atomic mass is 9.99. The van der Waals surface area contributed by atoms with Crippen molar-refractivity contribution in [3.8, 4) is 0 Å². The minimum Gasteiger partial charge on any atom is -0.481 e. The molecule has 2 N–H and O–H groups in total. The van der Waals surface area contributed by atoms with Gasteiger partial charge in [0.15, 0.2) is 0 Å². The van der Waals surface area contributed by atoms with Crippen molar-refractivity contribution in [2.75, 3.05) is 0 Å². The highest BCUT2D eigenvalue weighted by atomic mass is 19.4. The second-order valence-electron chi connectivity index (χ2n) is 8.38. The first-order valence-electron chi connectivity index (χ1n) is 10.6. The summed E-state index contributed by atoms with van der Waals surface area (Å²) in [7, 11) is 0. The van der Waals surface area contributed by atoms with Crippen LogP contribution in [-0.2, 0) is 23.9 Å². The number of hydrogen-bond donors (Lipinski definition) is 2. The van der Waals surface area contributed by atoms with Crippen molar-refractivity contribution in [2.45, 2.75) is 58.7 Å². The van der Waals surface area contributed by atoms with Crippen molar-refractivity contribution in [3.63, 3.8) is 0 Å². The molecular weight excluding hydrogens is 435 g/mol. The lowest BCUT2D eigenvalue weighted by Gasteiger charge is -2.18. The van der Waals surface area contributed by atoms with E-state index in [1.54, 1.807) is 6.08 Å². The summed E-state index contributed by atoms with van der Waals surface area (Å²) >= 11 is 0. The van der Waals surface area contributed by atoms with Gasteiger partial charge >= 0.3 is 12.1 Å². The Kier molecular flexibility index (Phi) is 7.09. The van der Waals surface area contributed by atoms with Crippen LogP contribution >= 0.6 is 0 Å². The molecule has 1 heterocycles. The van der Waals surface area contributed by atoms with Gasteiger partial charge in [-0.05, 0) is 61.6 Å². The molecule has 176 valence electrons. The van der Waals surface area contributed by atoms with Crippen LogP contribution in [0.1, 0.15) is 65.5 Å². The van der Waals surface area contributed by atoms with E-state index in [-0.39, 0.29) is 17.9 Å². The average Bonchev–Trinajstić information content (AvgIpc) is 3.03. The Morgan fingerprint density at radius 1 is 1.15 bits per heavy atom. The fraction of sp³-hybridized carbons (Fsp3) is 0.375. The maximum absolute atomic E-state index is 12.7. The van der Waals surface area contributed by atoms with Crippen molar-refractivity contribution in [1.29, 1.82) is 0 Å². The van der Waals surface area contributed by atoms with Gasteiger partial charge in [0.05, 0.1) is 24.2 Å². The van der Waals surface area contributed by atoms with Gasteiger partial charge in [-0.3, -0.25) is 14.3 Å². The highest BCUT2D eigenvalue weighted by Crippen LogP contribution is 2.29. The monoisotopic (exact) mass is 461 g/mol. The lowest BCUT2D eigenvalue weighted by Crippen LogP contribution is -2.24. The summed E-state index contributed by atoms with van der Waals surface area (Å²) < 4.78 is 39.9.